The van der Waals surface area contributed by atoms with E-state index in [2.05, 4.69) is 42.6 Å². The van der Waals surface area contributed by atoms with Gasteiger partial charge in [0.2, 0.25) is 0 Å². The Kier molecular flexibility index (Phi) is 4.84. The van der Waals surface area contributed by atoms with Crippen LogP contribution in [-0.4, -0.2) is 24.2 Å². The van der Waals surface area contributed by atoms with Crippen LogP contribution < -0.4 is 5.32 Å². The molecule has 0 aliphatic carbocycles. The van der Waals surface area contributed by atoms with Gasteiger partial charge in [0.15, 0.2) is 0 Å². The Morgan fingerprint density at radius 1 is 1.40 bits per heavy atom. The summed E-state index contributed by atoms with van der Waals surface area (Å²) in [6.45, 7) is 3.15. The lowest BCUT2D eigenvalue weighted by atomic mass is 9.97. The molecule has 1 aliphatic heterocycles. The van der Waals surface area contributed by atoms with Gasteiger partial charge in [-0.25, -0.2) is 0 Å². The minimum atomic E-state index is -0.250. The van der Waals surface area contributed by atoms with Crippen molar-refractivity contribution in [1.29, 1.82) is 0 Å². The second kappa shape index (κ2) is 6.19. The lowest BCUT2D eigenvalue weighted by Gasteiger charge is -2.07. The second-order valence-electron chi connectivity index (χ2n) is 3.76. The molecule has 3 heteroatoms. The zero-order valence-electron chi connectivity index (χ0n) is 8.89. The third-order valence-electron chi connectivity index (χ3n) is 2.62. The lowest BCUT2D eigenvalue weighted by Crippen LogP contribution is -2.16. The predicted octanol–water partition coefficient (Wildman–Crippen LogP) is 1.85. The van der Waals surface area contributed by atoms with E-state index in [4.69, 9.17) is 9.90 Å². The number of benzene rings is 1. The Labute approximate surface area is 90.1 Å². The Morgan fingerprint density at radius 3 is 2.47 bits per heavy atom. The molecule has 0 bridgehead atoms. The number of carbonyl (C=O) groups is 1. The van der Waals surface area contributed by atoms with E-state index < -0.39 is 0 Å². The smallest absolute Gasteiger partial charge is 0.290 e. The van der Waals surface area contributed by atoms with E-state index in [1.54, 1.807) is 0 Å². The minimum absolute atomic E-state index is 0.250. The van der Waals surface area contributed by atoms with Gasteiger partial charge >= 0.3 is 0 Å². The average molecular weight is 207 g/mol. The average Bonchev–Trinajstić information content (AvgIpc) is 2.67. The van der Waals surface area contributed by atoms with Crippen LogP contribution in [0.4, 0.5) is 0 Å². The monoisotopic (exact) mass is 207 g/mol. The molecule has 1 fully saturated rings. The normalized spacial score (nSPS) is 24.1. The van der Waals surface area contributed by atoms with Crippen LogP contribution in [0.15, 0.2) is 30.3 Å². The summed E-state index contributed by atoms with van der Waals surface area (Å²) in [5, 5.41) is 10.4. The molecule has 0 spiro atoms. The van der Waals surface area contributed by atoms with Gasteiger partial charge in [-0.1, -0.05) is 30.3 Å². The van der Waals surface area contributed by atoms with Crippen LogP contribution in [0, 0.1) is 0 Å². The first-order valence-electron chi connectivity index (χ1n) is 5.14. The third-order valence-corrected chi connectivity index (χ3v) is 2.62. The molecular weight excluding hydrogens is 190 g/mol. The van der Waals surface area contributed by atoms with E-state index in [-0.39, 0.29) is 6.47 Å². The van der Waals surface area contributed by atoms with Crippen molar-refractivity contribution in [3.8, 4) is 0 Å². The van der Waals surface area contributed by atoms with Crippen LogP contribution in [0.25, 0.3) is 0 Å². The molecule has 1 aromatic carbocycles. The molecule has 2 atom stereocenters. The third kappa shape index (κ3) is 3.72. The zero-order valence-corrected chi connectivity index (χ0v) is 8.89. The maximum atomic E-state index is 8.36. The Bertz CT molecular complexity index is 287. The fourth-order valence-electron chi connectivity index (χ4n) is 1.92. The predicted molar refractivity (Wildman–Crippen MR) is 60.0 cm³/mol. The van der Waals surface area contributed by atoms with Crippen LogP contribution in [0.5, 0.6) is 0 Å². The molecule has 1 aromatic rings. The largest absolute Gasteiger partial charge is 0.483 e. The number of carboxylic acid groups (broad SMARTS) is 1. The summed E-state index contributed by atoms with van der Waals surface area (Å²) >= 11 is 0. The Balaban J connectivity index is 0.000000337. The van der Waals surface area contributed by atoms with Crippen LogP contribution in [0.1, 0.15) is 24.8 Å². The fraction of sp³-hybridized carbons (Fsp3) is 0.417. The number of hydrogen-bond donors (Lipinski definition) is 2. The van der Waals surface area contributed by atoms with Gasteiger partial charge in [0.05, 0.1) is 0 Å². The molecule has 15 heavy (non-hydrogen) atoms. The van der Waals surface area contributed by atoms with Crippen molar-refractivity contribution >= 4 is 6.47 Å². The van der Waals surface area contributed by atoms with Crippen LogP contribution in [0.2, 0.25) is 0 Å². The van der Waals surface area contributed by atoms with Crippen molar-refractivity contribution in [3.05, 3.63) is 35.9 Å². The molecule has 0 amide bonds. The lowest BCUT2D eigenvalue weighted by molar-refractivity contribution is -0.122. The number of nitrogens with one attached hydrogen (secondary N) is 1. The second-order valence-corrected chi connectivity index (χ2v) is 3.76. The van der Waals surface area contributed by atoms with Crippen molar-refractivity contribution in [2.24, 2.45) is 0 Å². The molecule has 3 nitrogen and oxygen atoms in total. The maximum Gasteiger partial charge on any atom is 0.290 e. The first-order valence-corrected chi connectivity index (χ1v) is 5.14. The first kappa shape index (κ1) is 11.7. The summed E-state index contributed by atoms with van der Waals surface area (Å²) in [6, 6.07) is 11.5. The molecule has 2 unspecified atom stereocenters. The van der Waals surface area contributed by atoms with Gasteiger partial charge in [0, 0.05) is 12.6 Å². The fourth-order valence-corrected chi connectivity index (χ4v) is 1.92. The van der Waals surface area contributed by atoms with Crippen molar-refractivity contribution in [2.45, 2.75) is 25.3 Å². The van der Waals surface area contributed by atoms with Crippen molar-refractivity contribution in [1.82, 2.24) is 5.32 Å². The van der Waals surface area contributed by atoms with Crippen LogP contribution >= 0.6 is 0 Å². The van der Waals surface area contributed by atoms with Crippen molar-refractivity contribution in [3.63, 3.8) is 0 Å². The van der Waals surface area contributed by atoms with E-state index in [1.165, 1.54) is 12.0 Å². The van der Waals surface area contributed by atoms with Crippen molar-refractivity contribution in [2.75, 3.05) is 6.54 Å². The summed E-state index contributed by atoms with van der Waals surface area (Å²) in [5.74, 6) is 0.737. The highest BCUT2D eigenvalue weighted by atomic mass is 16.3. The molecule has 82 valence electrons. The summed E-state index contributed by atoms with van der Waals surface area (Å²) in [6.07, 6.45) is 1.28. The summed E-state index contributed by atoms with van der Waals surface area (Å²) in [4.78, 5) is 8.36. The number of hydrogen-bond acceptors (Lipinski definition) is 2. The van der Waals surface area contributed by atoms with Gasteiger partial charge in [-0.15, -0.1) is 0 Å². The van der Waals surface area contributed by atoms with Gasteiger partial charge in [0.25, 0.3) is 6.47 Å². The van der Waals surface area contributed by atoms with E-state index in [1.807, 2.05) is 0 Å². The van der Waals surface area contributed by atoms with Gasteiger partial charge in [-0.3, -0.25) is 4.79 Å². The Hall–Kier alpha value is -1.35. The highest BCUT2D eigenvalue weighted by Gasteiger charge is 2.21. The highest BCUT2D eigenvalue weighted by Crippen LogP contribution is 2.24. The van der Waals surface area contributed by atoms with E-state index in [0.29, 0.717) is 6.04 Å². The summed E-state index contributed by atoms with van der Waals surface area (Å²) in [7, 11) is 0. The topological polar surface area (TPSA) is 49.3 Å². The minimum Gasteiger partial charge on any atom is -0.483 e. The van der Waals surface area contributed by atoms with Gasteiger partial charge in [-0.2, -0.15) is 0 Å². The molecule has 2 N–H and O–H groups in total. The van der Waals surface area contributed by atoms with Gasteiger partial charge < -0.3 is 10.4 Å². The SMILES string of the molecule is CC1CC(c2ccccc2)CN1.O=CO. The molecular formula is C12H17NO2. The van der Waals surface area contributed by atoms with Crippen LogP contribution in [-0.2, 0) is 4.79 Å². The molecule has 0 aromatic heterocycles. The van der Waals surface area contributed by atoms with Gasteiger partial charge in [0.1, 0.15) is 0 Å². The zero-order chi connectivity index (χ0) is 11.1. The number of rotatable bonds is 1. The van der Waals surface area contributed by atoms with Crippen molar-refractivity contribution < 1.29 is 9.90 Å². The summed E-state index contributed by atoms with van der Waals surface area (Å²) in [5.41, 5.74) is 1.48. The van der Waals surface area contributed by atoms with E-state index in [9.17, 15) is 0 Å². The molecule has 1 saturated heterocycles. The Morgan fingerprint density at radius 2 is 2.00 bits per heavy atom. The quantitative estimate of drug-likeness (QED) is 0.691. The summed E-state index contributed by atoms with van der Waals surface area (Å²) < 4.78 is 0. The molecule has 0 radical (unpaired) electrons. The highest BCUT2D eigenvalue weighted by molar-refractivity contribution is 5.32. The molecule has 2 rings (SSSR count). The maximum absolute atomic E-state index is 8.36. The standard InChI is InChI=1S/C11H15N.CH2O2/c1-9-7-11(8-12-9)10-5-3-2-4-6-10;2-1-3/h2-6,9,11-12H,7-8H2,1H3;1H,(H,2,3). The molecule has 1 heterocycles. The first-order chi connectivity index (χ1) is 7.27. The molecule has 0 saturated carbocycles. The van der Waals surface area contributed by atoms with Crippen LogP contribution in [0.3, 0.4) is 0 Å². The van der Waals surface area contributed by atoms with E-state index >= 15 is 0 Å². The van der Waals surface area contributed by atoms with E-state index in [0.717, 1.165) is 12.5 Å². The van der Waals surface area contributed by atoms with Gasteiger partial charge in [-0.05, 0) is 24.8 Å². The molecule has 1 aliphatic rings.